The highest BCUT2D eigenvalue weighted by molar-refractivity contribution is 5.51. The second-order valence-electron chi connectivity index (χ2n) is 4.97. The molecule has 0 saturated heterocycles. The molecule has 0 bridgehead atoms. The van der Waals surface area contributed by atoms with E-state index in [9.17, 15) is 0 Å². The van der Waals surface area contributed by atoms with E-state index in [2.05, 4.69) is 56.4 Å². The molecule has 0 spiro atoms. The number of benzene rings is 2. The van der Waals surface area contributed by atoms with Crippen molar-refractivity contribution in [1.82, 2.24) is 0 Å². The first-order valence-electron chi connectivity index (χ1n) is 6.55. The molecule has 2 nitrogen and oxygen atoms in total. The third kappa shape index (κ3) is 3.28. The van der Waals surface area contributed by atoms with E-state index < -0.39 is 0 Å². The first kappa shape index (κ1) is 13.5. The van der Waals surface area contributed by atoms with Crippen molar-refractivity contribution in [3.8, 4) is 5.75 Å². The highest BCUT2D eigenvalue weighted by Crippen LogP contribution is 2.22. The molecule has 0 fully saturated rings. The SMILES string of the molecule is COc1ccc(NCc2ccc(C)cc2C)cc1C. The minimum atomic E-state index is 0.845. The Morgan fingerprint density at radius 1 is 0.947 bits per heavy atom. The molecule has 0 unspecified atom stereocenters. The van der Waals surface area contributed by atoms with Crippen LogP contribution in [-0.2, 0) is 6.54 Å². The molecule has 2 aromatic rings. The van der Waals surface area contributed by atoms with Gasteiger partial charge in [0.1, 0.15) is 5.75 Å². The van der Waals surface area contributed by atoms with Gasteiger partial charge >= 0.3 is 0 Å². The number of aryl methyl sites for hydroxylation is 3. The van der Waals surface area contributed by atoms with Gasteiger partial charge in [0.25, 0.3) is 0 Å². The summed E-state index contributed by atoms with van der Waals surface area (Å²) in [6, 6.07) is 12.7. The van der Waals surface area contributed by atoms with E-state index in [1.165, 1.54) is 16.7 Å². The molecule has 2 rings (SSSR count). The Morgan fingerprint density at radius 2 is 1.74 bits per heavy atom. The average Bonchev–Trinajstić information content (AvgIpc) is 2.38. The van der Waals surface area contributed by atoms with Crippen LogP contribution in [0.25, 0.3) is 0 Å². The molecule has 0 atom stereocenters. The number of anilines is 1. The fourth-order valence-corrected chi connectivity index (χ4v) is 2.23. The van der Waals surface area contributed by atoms with Gasteiger partial charge in [-0.25, -0.2) is 0 Å². The van der Waals surface area contributed by atoms with Crippen LogP contribution in [0.15, 0.2) is 36.4 Å². The summed E-state index contributed by atoms with van der Waals surface area (Å²) in [7, 11) is 1.70. The summed E-state index contributed by atoms with van der Waals surface area (Å²) >= 11 is 0. The predicted octanol–water partition coefficient (Wildman–Crippen LogP) is 4.23. The average molecular weight is 255 g/mol. The standard InChI is InChI=1S/C17H21NO/c1-12-5-6-15(13(2)9-12)11-18-16-7-8-17(19-4)14(3)10-16/h5-10,18H,11H2,1-4H3. The Kier molecular flexibility index (Phi) is 4.10. The van der Waals surface area contributed by atoms with Crippen LogP contribution in [0.1, 0.15) is 22.3 Å². The van der Waals surface area contributed by atoms with Crippen molar-refractivity contribution < 1.29 is 4.74 Å². The molecule has 100 valence electrons. The van der Waals surface area contributed by atoms with Gasteiger partial charge in [-0.3, -0.25) is 0 Å². The first-order chi connectivity index (χ1) is 9.10. The number of hydrogen-bond acceptors (Lipinski definition) is 2. The molecule has 2 aromatic carbocycles. The van der Waals surface area contributed by atoms with Crippen LogP contribution < -0.4 is 10.1 Å². The van der Waals surface area contributed by atoms with E-state index in [-0.39, 0.29) is 0 Å². The number of rotatable bonds is 4. The van der Waals surface area contributed by atoms with Crippen LogP contribution in [0.4, 0.5) is 5.69 Å². The fraction of sp³-hybridized carbons (Fsp3) is 0.294. The van der Waals surface area contributed by atoms with Gasteiger partial charge in [0.15, 0.2) is 0 Å². The Hall–Kier alpha value is -1.96. The molecule has 0 radical (unpaired) electrons. The van der Waals surface area contributed by atoms with Gasteiger partial charge in [-0.15, -0.1) is 0 Å². The van der Waals surface area contributed by atoms with Crippen LogP contribution in [0.2, 0.25) is 0 Å². The van der Waals surface area contributed by atoms with Crippen molar-refractivity contribution in [2.24, 2.45) is 0 Å². The van der Waals surface area contributed by atoms with Gasteiger partial charge in [0.2, 0.25) is 0 Å². The molecule has 0 saturated carbocycles. The van der Waals surface area contributed by atoms with Crippen LogP contribution in [-0.4, -0.2) is 7.11 Å². The topological polar surface area (TPSA) is 21.3 Å². The van der Waals surface area contributed by atoms with Crippen molar-refractivity contribution in [2.75, 3.05) is 12.4 Å². The third-order valence-electron chi connectivity index (χ3n) is 3.38. The van der Waals surface area contributed by atoms with Gasteiger partial charge in [-0.2, -0.15) is 0 Å². The van der Waals surface area contributed by atoms with Crippen LogP contribution in [0.5, 0.6) is 5.75 Å². The maximum absolute atomic E-state index is 5.27. The summed E-state index contributed by atoms with van der Waals surface area (Å²) < 4.78 is 5.27. The molecule has 0 heterocycles. The number of hydrogen-bond donors (Lipinski definition) is 1. The highest BCUT2D eigenvalue weighted by Gasteiger charge is 2.01. The normalized spacial score (nSPS) is 10.3. The van der Waals surface area contributed by atoms with Gasteiger partial charge in [-0.05, 0) is 55.7 Å². The minimum Gasteiger partial charge on any atom is -0.496 e. The van der Waals surface area contributed by atoms with Crippen LogP contribution in [0.3, 0.4) is 0 Å². The third-order valence-corrected chi connectivity index (χ3v) is 3.38. The lowest BCUT2D eigenvalue weighted by atomic mass is 10.1. The van der Waals surface area contributed by atoms with Crippen molar-refractivity contribution >= 4 is 5.69 Å². The second-order valence-corrected chi connectivity index (χ2v) is 4.97. The molecule has 0 amide bonds. The molecule has 0 aliphatic rings. The first-order valence-corrected chi connectivity index (χ1v) is 6.55. The number of nitrogens with one attached hydrogen (secondary N) is 1. The zero-order valence-corrected chi connectivity index (χ0v) is 12.1. The molecule has 0 aromatic heterocycles. The van der Waals surface area contributed by atoms with Crippen molar-refractivity contribution in [3.63, 3.8) is 0 Å². The number of ether oxygens (including phenoxy) is 1. The Morgan fingerprint density at radius 3 is 2.37 bits per heavy atom. The summed E-state index contributed by atoms with van der Waals surface area (Å²) in [6.07, 6.45) is 0. The lowest BCUT2D eigenvalue weighted by Crippen LogP contribution is -2.02. The molecule has 19 heavy (non-hydrogen) atoms. The molecular weight excluding hydrogens is 234 g/mol. The fourth-order valence-electron chi connectivity index (χ4n) is 2.23. The van der Waals surface area contributed by atoms with Gasteiger partial charge < -0.3 is 10.1 Å². The Bertz CT molecular complexity index is 575. The summed E-state index contributed by atoms with van der Waals surface area (Å²) in [5, 5.41) is 3.46. The zero-order valence-electron chi connectivity index (χ0n) is 12.1. The van der Waals surface area contributed by atoms with Crippen molar-refractivity contribution in [2.45, 2.75) is 27.3 Å². The monoisotopic (exact) mass is 255 g/mol. The summed E-state index contributed by atoms with van der Waals surface area (Å²) in [4.78, 5) is 0. The highest BCUT2D eigenvalue weighted by atomic mass is 16.5. The zero-order chi connectivity index (χ0) is 13.8. The molecule has 1 N–H and O–H groups in total. The van der Waals surface area contributed by atoms with E-state index in [1.54, 1.807) is 7.11 Å². The lowest BCUT2D eigenvalue weighted by Gasteiger charge is -2.12. The Balaban J connectivity index is 2.08. The van der Waals surface area contributed by atoms with Crippen LogP contribution in [0, 0.1) is 20.8 Å². The van der Waals surface area contributed by atoms with E-state index >= 15 is 0 Å². The maximum Gasteiger partial charge on any atom is 0.121 e. The maximum atomic E-state index is 5.27. The lowest BCUT2D eigenvalue weighted by molar-refractivity contribution is 0.412. The van der Waals surface area contributed by atoms with Crippen molar-refractivity contribution in [1.29, 1.82) is 0 Å². The smallest absolute Gasteiger partial charge is 0.121 e. The Labute approximate surface area is 115 Å². The van der Waals surface area contributed by atoms with Gasteiger partial charge in [0, 0.05) is 12.2 Å². The predicted molar refractivity (Wildman–Crippen MR) is 81.0 cm³/mol. The minimum absolute atomic E-state index is 0.845. The second kappa shape index (κ2) is 5.79. The van der Waals surface area contributed by atoms with E-state index in [4.69, 9.17) is 4.74 Å². The van der Waals surface area contributed by atoms with Crippen molar-refractivity contribution in [3.05, 3.63) is 58.7 Å². The van der Waals surface area contributed by atoms with E-state index in [0.717, 1.165) is 23.5 Å². The molecule has 0 aliphatic carbocycles. The molecule has 0 aliphatic heterocycles. The van der Waals surface area contributed by atoms with E-state index in [1.807, 2.05) is 6.07 Å². The van der Waals surface area contributed by atoms with Crippen LogP contribution >= 0.6 is 0 Å². The molecular formula is C17H21NO. The number of methoxy groups -OCH3 is 1. The largest absolute Gasteiger partial charge is 0.496 e. The van der Waals surface area contributed by atoms with Gasteiger partial charge in [-0.1, -0.05) is 23.8 Å². The quantitative estimate of drug-likeness (QED) is 0.882. The summed E-state index contributed by atoms with van der Waals surface area (Å²) in [6.45, 7) is 7.18. The molecule has 2 heteroatoms. The van der Waals surface area contributed by atoms with E-state index in [0.29, 0.717) is 0 Å². The summed E-state index contributed by atoms with van der Waals surface area (Å²) in [5.74, 6) is 0.928. The van der Waals surface area contributed by atoms with Gasteiger partial charge in [0.05, 0.1) is 7.11 Å². The summed E-state index contributed by atoms with van der Waals surface area (Å²) in [5.41, 5.74) is 6.24.